The van der Waals surface area contributed by atoms with Gasteiger partial charge in [-0.05, 0) is 38.5 Å². The van der Waals surface area contributed by atoms with E-state index < -0.39 is 74.3 Å². The fourth-order valence-corrected chi connectivity index (χ4v) is 0.612. The summed E-state index contributed by atoms with van der Waals surface area (Å²) >= 11 is 0. The third kappa shape index (κ3) is 57.5. The molecule has 0 amide bonds. The molecule has 0 aromatic heterocycles. The van der Waals surface area contributed by atoms with Crippen LogP contribution in [0.15, 0.2) is 0 Å². The van der Waals surface area contributed by atoms with Crippen LogP contribution in [0, 0.1) is 0 Å². The van der Waals surface area contributed by atoms with E-state index in [1.807, 2.05) is 0 Å². The third-order valence-electron chi connectivity index (χ3n) is 1.60. The molecule has 0 spiro atoms. The molecule has 0 bridgehead atoms. The van der Waals surface area contributed by atoms with E-state index in [2.05, 4.69) is 0 Å². The van der Waals surface area contributed by atoms with Crippen LogP contribution in [-0.2, 0) is 63.5 Å². The summed E-state index contributed by atoms with van der Waals surface area (Å²) in [6.45, 7) is 0. The summed E-state index contributed by atoms with van der Waals surface area (Å²) in [5.74, 6) is -8.20. The Morgan fingerprint density at radius 1 is 0.346 bits per heavy atom. The van der Waals surface area contributed by atoms with E-state index in [0.29, 0.717) is 0 Å². The smallest absolute Gasteiger partial charge is 0.550 e. The second kappa shape index (κ2) is 22.9. The molecule has 0 saturated heterocycles. The van der Waals surface area contributed by atoms with E-state index in [0.717, 1.165) is 0 Å². The van der Waals surface area contributed by atoms with E-state index in [1.165, 1.54) is 0 Å². The van der Waals surface area contributed by atoms with Crippen LogP contribution < -0.4 is 30.6 Å². The van der Waals surface area contributed by atoms with E-state index in [-0.39, 0.29) is 34.7 Å². The van der Waals surface area contributed by atoms with Crippen LogP contribution in [-0.4, -0.2) is 35.8 Å². The average molecular weight is 452 g/mol. The second-order valence-electron chi connectivity index (χ2n) is 3.73. The van der Waals surface area contributed by atoms with Crippen molar-refractivity contribution < 1.29 is 94.1 Å². The molecule has 0 saturated carbocycles. The summed E-state index contributed by atoms with van der Waals surface area (Å²) < 4.78 is 0. The number of hydrogen-bond donors (Lipinski definition) is 0. The van der Waals surface area contributed by atoms with Crippen LogP contribution in [0.3, 0.4) is 0 Å². The maximum absolute atomic E-state index is 9.50. The molecule has 0 aliphatic rings. The van der Waals surface area contributed by atoms with Gasteiger partial charge in [-0.1, -0.05) is 0 Å². The maximum Gasteiger partial charge on any atom is 3.00 e. The monoisotopic (exact) mass is 452 g/mol. The molecule has 0 unspecified atom stereocenters. The van der Waals surface area contributed by atoms with Gasteiger partial charge in [0, 0.05) is 35.8 Å². The predicted molar refractivity (Wildman–Crippen MR) is 57.7 cm³/mol. The molecule has 0 N–H and O–H groups in total. The first-order chi connectivity index (χ1) is 10.9. The Morgan fingerprint density at radius 2 is 0.423 bits per heavy atom. The van der Waals surface area contributed by atoms with Gasteiger partial charge in [0.05, 0.1) is 0 Å². The summed E-state index contributed by atoms with van der Waals surface area (Å²) in [6, 6.07) is 0. The number of carboxylic acids is 6. The number of carbonyl (C=O) groups excluding carboxylic acids is 6. The van der Waals surface area contributed by atoms with Gasteiger partial charge < -0.3 is 59.4 Å². The third-order valence-corrected chi connectivity index (χ3v) is 1.60. The molecule has 0 fully saturated rings. The van der Waals surface area contributed by atoms with Crippen molar-refractivity contribution in [2.45, 2.75) is 38.5 Å². The maximum atomic E-state index is 9.50. The fourth-order valence-electron chi connectivity index (χ4n) is 0.612. The molecular weight excluding hydrogens is 440 g/mol. The van der Waals surface area contributed by atoms with Gasteiger partial charge in [0.15, 0.2) is 0 Å². The van der Waals surface area contributed by atoms with Crippen LogP contribution in [0.2, 0.25) is 0 Å². The molecule has 26 heavy (non-hydrogen) atoms. The van der Waals surface area contributed by atoms with Crippen molar-refractivity contribution in [1.29, 1.82) is 0 Å². The average Bonchev–Trinajstić information content (AvgIpc) is 2.42. The van der Waals surface area contributed by atoms with E-state index in [4.69, 9.17) is 0 Å². The summed E-state index contributed by atoms with van der Waals surface area (Å²) in [7, 11) is 0. The topological polar surface area (TPSA) is 241 Å². The van der Waals surface area contributed by atoms with Crippen LogP contribution in [0.5, 0.6) is 0 Å². The van der Waals surface area contributed by atoms with Crippen LogP contribution in [0.4, 0.5) is 0 Å². The van der Waals surface area contributed by atoms with Crippen molar-refractivity contribution in [2.75, 3.05) is 0 Å². The van der Waals surface area contributed by atoms with Gasteiger partial charge in [0.25, 0.3) is 0 Å². The first-order valence-corrected chi connectivity index (χ1v) is 6.07. The molecule has 144 valence electrons. The fraction of sp³-hybridized carbons (Fsp3) is 0.500. The van der Waals surface area contributed by atoms with Crippen molar-refractivity contribution >= 4 is 35.8 Å². The minimum Gasteiger partial charge on any atom is -0.550 e. The molecule has 14 heteroatoms. The first kappa shape index (κ1) is 35.1. The van der Waals surface area contributed by atoms with Crippen molar-refractivity contribution in [1.82, 2.24) is 0 Å². The zero-order chi connectivity index (χ0) is 19.7. The number of rotatable bonds is 9. The summed E-state index contributed by atoms with van der Waals surface area (Å²) in [5, 5.41) is 57.0. The zero-order valence-corrected chi connectivity index (χ0v) is 15.5. The molecule has 12 nitrogen and oxygen atoms in total. The van der Waals surface area contributed by atoms with E-state index >= 15 is 0 Å². The normalized spacial score (nSPS) is 7.85. The van der Waals surface area contributed by atoms with Gasteiger partial charge in [-0.15, -0.1) is 0 Å². The minimum atomic E-state index is -1.37. The van der Waals surface area contributed by atoms with Crippen molar-refractivity contribution in [3.05, 3.63) is 0 Å². The SMILES string of the molecule is O=C([O-])CCC(=O)[O-].O=C([O-])CCC(=O)[O-].O=C([O-])CCC(=O)[O-].[Cr+3].[Cr+3]. The molecule has 0 heterocycles. The Morgan fingerprint density at radius 3 is 0.462 bits per heavy atom. The van der Waals surface area contributed by atoms with Gasteiger partial charge >= 0.3 is 34.7 Å². The largest absolute Gasteiger partial charge is 3.00 e. The molecule has 0 atom stereocenters. The number of hydrogen-bond acceptors (Lipinski definition) is 12. The number of carboxylic acid groups (broad SMARTS) is 6. The summed E-state index contributed by atoms with van der Waals surface area (Å²) in [6.07, 6.45) is -2.82. The van der Waals surface area contributed by atoms with Crippen molar-refractivity contribution in [3.8, 4) is 0 Å². The van der Waals surface area contributed by atoms with Crippen LogP contribution >= 0.6 is 0 Å². The van der Waals surface area contributed by atoms with Crippen molar-refractivity contribution in [3.63, 3.8) is 0 Å². The Hall–Kier alpha value is -2.12. The minimum absolute atomic E-state index is 0. The van der Waals surface area contributed by atoms with Gasteiger partial charge in [0.1, 0.15) is 0 Å². The molecular formula is C12H12Cr2O12. The van der Waals surface area contributed by atoms with E-state index in [1.54, 1.807) is 0 Å². The zero-order valence-electron chi connectivity index (χ0n) is 13.0. The van der Waals surface area contributed by atoms with Crippen molar-refractivity contribution in [2.24, 2.45) is 0 Å². The Bertz CT molecular complexity index is 355. The molecule has 0 aliphatic carbocycles. The van der Waals surface area contributed by atoms with Crippen LogP contribution in [0.1, 0.15) is 38.5 Å². The van der Waals surface area contributed by atoms with Gasteiger partial charge in [-0.25, -0.2) is 0 Å². The van der Waals surface area contributed by atoms with Gasteiger partial charge in [-0.2, -0.15) is 0 Å². The first-order valence-electron chi connectivity index (χ1n) is 6.07. The molecule has 2 radical (unpaired) electrons. The Balaban J connectivity index is -0.0000000817. The number of aliphatic carboxylic acids is 6. The summed E-state index contributed by atoms with van der Waals surface area (Å²) in [5.41, 5.74) is 0. The van der Waals surface area contributed by atoms with Crippen LogP contribution in [0.25, 0.3) is 0 Å². The molecule has 0 rings (SSSR count). The predicted octanol–water partition coefficient (Wildman–Crippen LogP) is -8.21. The van der Waals surface area contributed by atoms with Gasteiger partial charge in [0.2, 0.25) is 0 Å². The van der Waals surface area contributed by atoms with Gasteiger partial charge in [-0.3, -0.25) is 0 Å². The molecule has 0 aromatic carbocycles. The standard InChI is InChI=1S/3C4H6O4.2Cr/c3*5-3(6)1-2-4(7)8;;/h3*1-2H2,(H,5,6)(H,7,8);;/q;;;2*+3/p-6. The quantitative estimate of drug-likeness (QED) is 0.317. The van der Waals surface area contributed by atoms with E-state index in [9.17, 15) is 59.4 Å². The molecule has 0 aliphatic heterocycles. The Kier molecular flexibility index (Phi) is 30.9. The number of carbonyl (C=O) groups is 6. The molecule has 0 aromatic rings. The second-order valence-corrected chi connectivity index (χ2v) is 3.73. The summed E-state index contributed by atoms with van der Waals surface area (Å²) in [4.78, 5) is 57.0. The Labute approximate surface area is 168 Å².